The SMILES string of the molecule is O=C([O-])CN[C@@H]1CCCC[C@H]1NCC(=O)[O-].[Pt+2]. The molecule has 0 aromatic rings. The molecule has 0 bridgehead atoms. The van der Waals surface area contributed by atoms with Crippen LogP contribution in [0.2, 0.25) is 0 Å². The Kier molecular flexibility index (Phi) is 8.38. The van der Waals surface area contributed by atoms with Gasteiger partial charge in [-0.05, 0) is 12.8 Å². The number of hydrogen-bond donors (Lipinski definition) is 2. The zero-order valence-electron chi connectivity index (χ0n) is 9.35. The Morgan fingerprint density at radius 2 is 1.29 bits per heavy atom. The largest absolute Gasteiger partial charge is 2.00 e. The molecule has 0 spiro atoms. The van der Waals surface area contributed by atoms with Crippen molar-refractivity contribution in [2.45, 2.75) is 37.8 Å². The fourth-order valence-electron chi connectivity index (χ4n) is 2.05. The van der Waals surface area contributed by atoms with E-state index in [0.717, 1.165) is 25.7 Å². The zero-order chi connectivity index (χ0) is 12.0. The van der Waals surface area contributed by atoms with Crippen LogP contribution in [0.1, 0.15) is 25.7 Å². The van der Waals surface area contributed by atoms with Gasteiger partial charge >= 0.3 is 21.1 Å². The smallest absolute Gasteiger partial charge is 0.549 e. The molecule has 2 atom stereocenters. The van der Waals surface area contributed by atoms with Crippen molar-refractivity contribution in [2.24, 2.45) is 0 Å². The van der Waals surface area contributed by atoms with Crippen LogP contribution in [0, 0.1) is 0 Å². The maximum Gasteiger partial charge on any atom is 2.00 e. The van der Waals surface area contributed by atoms with Gasteiger partial charge in [0, 0.05) is 25.2 Å². The minimum absolute atomic E-state index is 0. The molecule has 0 aromatic carbocycles. The summed E-state index contributed by atoms with van der Waals surface area (Å²) in [4.78, 5) is 20.6. The molecule has 0 aliphatic heterocycles. The number of rotatable bonds is 6. The summed E-state index contributed by atoms with van der Waals surface area (Å²) >= 11 is 0. The Morgan fingerprint density at radius 3 is 1.59 bits per heavy atom. The molecule has 0 amide bonds. The first-order valence-corrected chi connectivity index (χ1v) is 5.46. The van der Waals surface area contributed by atoms with Gasteiger partial charge < -0.3 is 30.4 Å². The third-order valence-electron chi connectivity index (χ3n) is 2.78. The predicted molar refractivity (Wildman–Crippen MR) is 52.1 cm³/mol. The Morgan fingerprint density at radius 1 is 0.941 bits per heavy atom. The summed E-state index contributed by atoms with van der Waals surface area (Å²) in [7, 11) is 0. The first kappa shape index (κ1) is 16.5. The van der Waals surface area contributed by atoms with Gasteiger partial charge in [-0.15, -0.1) is 0 Å². The van der Waals surface area contributed by atoms with Crippen molar-refractivity contribution < 1.29 is 40.9 Å². The molecule has 1 rings (SSSR count). The van der Waals surface area contributed by atoms with E-state index in [2.05, 4.69) is 10.6 Å². The van der Waals surface area contributed by atoms with E-state index in [0.29, 0.717) is 0 Å². The molecular weight excluding hydrogens is 407 g/mol. The molecule has 1 fully saturated rings. The van der Waals surface area contributed by atoms with Crippen molar-refractivity contribution in [2.75, 3.05) is 13.1 Å². The Labute approximate surface area is 114 Å². The third-order valence-corrected chi connectivity index (χ3v) is 2.78. The van der Waals surface area contributed by atoms with Crippen LogP contribution in [0.3, 0.4) is 0 Å². The molecule has 1 aliphatic carbocycles. The number of carbonyl (C=O) groups is 2. The van der Waals surface area contributed by atoms with Gasteiger partial charge in [0.2, 0.25) is 0 Å². The van der Waals surface area contributed by atoms with Crippen LogP contribution in [-0.4, -0.2) is 37.1 Å². The molecule has 0 heterocycles. The second-order valence-electron chi connectivity index (χ2n) is 4.00. The van der Waals surface area contributed by atoms with Crippen molar-refractivity contribution in [1.29, 1.82) is 0 Å². The fraction of sp³-hybridized carbons (Fsp3) is 0.800. The van der Waals surface area contributed by atoms with E-state index in [1.54, 1.807) is 0 Å². The summed E-state index contributed by atoms with van der Waals surface area (Å²) in [6.07, 6.45) is 3.73. The van der Waals surface area contributed by atoms with Gasteiger partial charge in [0.25, 0.3) is 0 Å². The Balaban J connectivity index is 0.00000256. The molecule has 1 saturated carbocycles. The van der Waals surface area contributed by atoms with Crippen molar-refractivity contribution in [1.82, 2.24) is 10.6 Å². The average molecular weight is 423 g/mol. The molecule has 17 heavy (non-hydrogen) atoms. The summed E-state index contributed by atoms with van der Waals surface area (Å²) in [5.74, 6) is -2.30. The Hall–Kier alpha value is -0.452. The van der Waals surface area contributed by atoms with Gasteiger partial charge in [-0.1, -0.05) is 12.8 Å². The quantitative estimate of drug-likeness (QED) is 0.471. The topological polar surface area (TPSA) is 104 Å². The van der Waals surface area contributed by atoms with Crippen molar-refractivity contribution >= 4 is 11.9 Å². The summed E-state index contributed by atoms with van der Waals surface area (Å²) in [5.41, 5.74) is 0. The monoisotopic (exact) mass is 423 g/mol. The number of carboxylic acid groups (broad SMARTS) is 2. The van der Waals surface area contributed by atoms with Crippen LogP contribution in [0.25, 0.3) is 0 Å². The van der Waals surface area contributed by atoms with Crippen LogP contribution in [0.4, 0.5) is 0 Å². The minimum atomic E-state index is -1.15. The molecule has 1 aliphatic rings. The molecule has 0 unspecified atom stereocenters. The predicted octanol–water partition coefficient (Wildman–Crippen LogP) is -3.03. The van der Waals surface area contributed by atoms with E-state index in [1.165, 1.54) is 0 Å². The van der Waals surface area contributed by atoms with Crippen LogP contribution in [0.5, 0.6) is 0 Å². The van der Waals surface area contributed by atoms with E-state index in [-0.39, 0.29) is 46.2 Å². The van der Waals surface area contributed by atoms with Gasteiger partial charge in [-0.2, -0.15) is 0 Å². The Bertz CT molecular complexity index is 237. The third kappa shape index (κ3) is 6.76. The van der Waals surface area contributed by atoms with Gasteiger partial charge in [-0.3, -0.25) is 0 Å². The molecule has 2 N–H and O–H groups in total. The summed E-state index contributed by atoms with van der Waals surface area (Å²) in [5, 5.41) is 26.3. The first-order valence-electron chi connectivity index (χ1n) is 5.46. The summed E-state index contributed by atoms with van der Waals surface area (Å²) in [6.45, 7) is -0.400. The second-order valence-corrected chi connectivity index (χ2v) is 4.00. The van der Waals surface area contributed by atoms with E-state index in [4.69, 9.17) is 0 Å². The summed E-state index contributed by atoms with van der Waals surface area (Å²) in [6, 6.07) is -0.0167. The summed E-state index contributed by atoms with van der Waals surface area (Å²) < 4.78 is 0. The number of hydrogen-bond acceptors (Lipinski definition) is 6. The maximum atomic E-state index is 10.3. The molecule has 0 aromatic heterocycles. The number of carbonyl (C=O) groups excluding carboxylic acids is 2. The normalized spacial score (nSPS) is 23.8. The number of carboxylic acids is 2. The minimum Gasteiger partial charge on any atom is -0.549 e. The van der Waals surface area contributed by atoms with Gasteiger partial charge in [0.1, 0.15) is 0 Å². The molecular formula is C10H16N2O4Pt. The molecule has 100 valence electrons. The molecule has 0 saturated heterocycles. The maximum absolute atomic E-state index is 10.3. The van der Waals surface area contributed by atoms with Crippen molar-refractivity contribution in [3.05, 3.63) is 0 Å². The van der Waals surface area contributed by atoms with Crippen LogP contribution in [-0.2, 0) is 30.7 Å². The zero-order valence-corrected chi connectivity index (χ0v) is 11.6. The van der Waals surface area contributed by atoms with E-state index in [1.807, 2.05) is 0 Å². The van der Waals surface area contributed by atoms with Gasteiger partial charge in [0.15, 0.2) is 0 Å². The van der Waals surface area contributed by atoms with Gasteiger partial charge in [0.05, 0.1) is 11.9 Å². The van der Waals surface area contributed by atoms with E-state index in [9.17, 15) is 19.8 Å². The van der Waals surface area contributed by atoms with Crippen molar-refractivity contribution in [3.8, 4) is 0 Å². The average Bonchev–Trinajstić information content (AvgIpc) is 2.24. The van der Waals surface area contributed by atoms with Crippen molar-refractivity contribution in [3.63, 3.8) is 0 Å². The fourth-order valence-corrected chi connectivity index (χ4v) is 2.05. The first-order chi connectivity index (χ1) is 7.59. The number of aliphatic carboxylic acids is 2. The molecule has 6 nitrogen and oxygen atoms in total. The molecule has 0 radical (unpaired) electrons. The van der Waals surface area contributed by atoms with Crippen LogP contribution >= 0.6 is 0 Å². The van der Waals surface area contributed by atoms with Crippen LogP contribution < -0.4 is 20.8 Å². The standard InChI is InChI=1S/C10H18N2O4.Pt/c13-9(14)5-11-7-3-1-2-4-8(7)12-6-10(15)16;/h7-8,11-12H,1-6H2,(H,13,14)(H,15,16);/q;+2/p-2/t7-,8-;/m1./s1. The second kappa shape index (κ2) is 8.61. The number of nitrogens with one attached hydrogen (secondary N) is 2. The van der Waals surface area contributed by atoms with Gasteiger partial charge in [-0.25, -0.2) is 0 Å². The molecule has 7 heteroatoms. The van der Waals surface area contributed by atoms with E-state index < -0.39 is 11.9 Å². The van der Waals surface area contributed by atoms with E-state index >= 15 is 0 Å². The van der Waals surface area contributed by atoms with Crippen LogP contribution in [0.15, 0.2) is 0 Å².